The molecule has 138 valence electrons. The summed E-state index contributed by atoms with van der Waals surface area (Å²) < 4.78 is 10.4. The van der Waals surface area contributed by atoms with Crippen LogP contribution in [0.4, 0.5) is 4.79 Å². The number of nitrogens with one attached hydrogen (secondary N) is 2. The molecule has 0 aromatic heterocycles. The monoisotopic (exact) mass is 357 g/mol. The third-order valence-electron chi connectivity index (χ3n) is 3.77. The van der Waals surface area contributed by atoms with Crippen LogP contribution in [0.5, 0.6) is 11.5 Å². The van der Waals surface area contributed by atoms with Crippen LogP contribution in [0, 0.1) is 0 Å². The SMILES string of the molecule is COc1ccc(CNC(=O)N[C@@H](Cc2ccccc2)C(=O)[O-])cc1OC. The lowest BCUT2D eigenvalue weighted by Crippen LogP contribution is -2.51. The van der Waals surface area contributed by atoms with Crippen LogP contribution in [-0.2, 0) is 17.8 Å². The number of rotatable bonds is 8. The molecule has 0 fully saturated rings. The molecule has 0 aliphatic heterocycles. The number of hydrogen-bond acceptors (Lipinski definition) is 5. The van der Waals surface area contributed by atoms with E-state index in [4.69, 9.17) is 9.47 Å². The molecule has 2 N–H and O–H groups in total. The highest BCUT2D eigenvalue weighted by Crippen LogP contribution is 2.27. The number of amides is 2. The molecule has 2 amide bonds. The quantitative estimate of drug-likeness (QED) is 0.730. The summed E-state index contributed by atoms with van der Waals surface area (Å²) in [6, 6.07) is 12.6. The van der Waals surface area contributed by atoms with Crippen molar-refractivity contribution in [2.45, 2.75) is 19.0 Å². The predicted molar refractivity (Wildman–Crippen MR) is 93.9 cm³/mol. The summed E-state index contributed by atoms with van der Waals surface area (Å²) in [5, 5.41) is 16.3. The van der Waals surface area contributed by atoms with Gasteiger partial charge in [-0.15, -0.1) is 0 Å². The number of carbonyl (C=O) groups is 2. The molecule has 0 unspecified atom stereocenters. The molecule has 26 heavy (non-hydrogen) atoms. The van der Waals surface area contributed by atoms with Gasteiger partial charge in [0, 0.05) is 6.54 Å². The Hall–Kier alpha value is -3.22. The van der Waals surface area contributed by atoms with Crippen molar-refractivity contribution in [3.05, 3.63) is 59.7 Å². The zero-order valence-corrected chi connectivity index (χ0v) is 14.7. The minimum atomic E-state index is -1.34. The summed E-state index contributed by atoms with van der Waals surface area (Å²) in [6.07, 6.45) is 0.146. The lowest BCUT2D eigenvalue weighted by Gasteiger charge is -2.20. The maximum Gasteiger partial charge on any atom is 0.315 e. The first-order chi connectivity index (χ1) is 12.5. The van der Waals surface area contributed by atoms with E-state index in [1.807, 2.05) is 6.07 Å². The summed E-state index contributed by atoms with van der Waals surface area (Å²) in [5.74, 6) is -0.209. The molecule has 7 heteroatoms. The van der Waals surface area contributed by atoms with Gasteiger partial charge in [-0.25, -0.2) is 4.79 Å². The normalized spacial score (nSPS) is 11.3. The second kappa shape index (κ2) is 9.31. The molecule has 2 rings (SSSR count). The molecular formula is C19H21N2O5-. The van der Waals surface area contributed by atoms with Gasteiger partial charge in [-0.1, -0.05) is 36.4 Å². The molecule has 0 saturated carbocycles. The summed E-state index contributed by atoms with van der Waals surface area (Å²) >= 11 is 0. The minimum Gasteiger partial charge on any atom is -0.548 e. The second-order valence-corrected chi connectivity index (χ2v) is 5.58. The van der Waals surface area contributed by atoms with Crippen LogP contribution >= 0.6 is 0 Å². The Kier molecular flexibility index (Phi) is 6.84. The van der Waals surface area contributed by atoms with E-state index >= 15 is 0 Å². The van der Waals surface area contributed by atoms with Gasteiger partial charge in [-0.05, 0) is 29.7 Å². The van der Waals surface area contributed by atoms with Crippen molar-refractivity contribution in [2.24, 2.45) is 0 Å². The van der Waals surface area contributed by atoms with Crippen molar-refractivity contribution in [1.82, 2.24) is 10.6 Å². The van der Waals surface area contributed by atoms with E-state index < -0.39 is 18.0 Å². The number of methoxy groups -OCH3 is 2. The number of aliphatic carboxylic acids is 1. The largest absolute Gasteiger partial charge is 0.548 e. The van der Waals surface area contributed by atoms with Gasteiger partial charge in [0.1, 0.15) is 0 Å². The van der Waals surface area contributed by atoms with Gasteiger partial charge in [0.15, 0.2) is 11.5 Å². The molecule has 0 bridgehead atoms. The fourth-order valence-electron chi connectivity index (χ4n) is 2.43. The van der Waals surface area contributed by atoms with E-state index in [1.165, 1.54) is 14.2 Å². The number of hydrogen-bond donors (Lipinski definition) is 2. The van der Waals surface area contributed by atoms with Crippen LogP contribution in [0.25, 0.3) is 0 Å². The van der Waals surface area contributed by atoms with Crippen LogP contribution in [0.3, 0.4) is 0 Å². The van der Waals surface area contributed by atoms with Crippen molar-refractivity contribution >= 4 is 12.0 Å². The molecule has 2 aromatic carbocycles. The zero-order chi connectivity index (χ0) is 18.9. The number of carboxylic acid groups (broad SMARTS) is 1. The lowest BCUT2D eigenvalue weighted by atomic mass is 10.1. The Morgan fingerprint density at radius 3 is 2.31 bits per heavy atom. The molecule has 0 radical (unpaired) electrons. The van der Waals surface area contributed by atoms with E-state index in [0.717, 1.165) is 11.1 Å². The van der Waals surface area contributed by atoms with Gasteiger partial charge in [-0.2, -0.15) is 0 Å². The van der Waals surface area contributed by atoms with Crippen molar-refractivity contribution in [3.8, 4) is 11.5 Å². The smallest absolute Gasteiger partial charge is 0.315 e. The van der Waals surface area contributed by atoms with E-state index in [0.29, 0.717) is 11.5 Å². The van der Waals surface area contributed by atoms with Crippen molar-refractivity contribution in [3.63, 3.8) is 0 Å². The Bertz CT molecular complexity index is 749. The Labute approximate surface area is 151 Å². The molecule has 2 aromatic rings. The number of benzene rings is 2. The maximum atomic E-state index is 12.0. The Balaban J connectivity index is 1.93. The first-order valence-electron chi connectivity index (χ1n) is 8.03. The molecule has 0 heterocycles. The van der Waals surface area contributed by atoms with Gasteiger partial charge < -0.3 is 30.0 Å². The average molecular weight is 357 g/mol. The molecule has 0 spiro atoms. The van der Waals surface area contributed by atoms with Crippen LogP contribution in [0.15, 0.2) is 48.5 Å². The van der Waals surface area contributed by atoms with Gasteiger partial charge in [0.2, 0.25) is 0 Å². The molecule has 0 saturated heterocycles. The first kappa shape index (κ1) is 19.1. The van der Waals surface area contributed by atoms with Crippen LogP contribution in [0.2, 0.25) is 0 Å². The highest BCUT2D eigenvalue weighted by atomic mass is 16.5. The topological polar surface area (TPSA) is 99.7 Å². The molecular weight excluding hydrogens is 336 g/mol. The average Bonchev–Trinajstić information content (AvgIpc) is 2.66. The standard InChI is InChI=1S/C19H22N2O5/c1-25-16-9-8-14(11-17(16)26-2)12-20-19(24)21-15(18(22)23)10-13-6-4-3-5-7-13/h3-9,11,15H,10,12H2,1-2H3,(H,22,23)(H2,20,21,24)/p-1/t15-/m0/s1. The highest BCUT2D eigenvalue weighted by Gasteiger charge is 2.14. The van der Waals surface area contributed by atoms with Crippen LogP contribution in [0.1, 0.15) is 11.1 Å². The minimum absolute atomic E-state index is 0.146. The maximum absolute atomic E-state index is 12.0. The third-order valence-corrected chi connectivity index (χ3v) is 3.77. The fraction of sp³-hybridized carbons (Fsp3) is 0.263. The van der Waals surface area contributed by atoms with Crippen LogP contribution in [-0.4, -0.2) is 32.3 Å². The van der Waals surface area contributed by atoms with E-state index in [-0.39, 0.29) is 13.0 Å². The van der Waals surface area contributed by atoms with Crippen molar-refractivity contribution in [2.75, 3.05) is 14.2 Å². The Morgan fingerprint density at radius 2 is 1.69 bits per heavy atom. The van der Waals surface area contributed by atoms with Gasteiger partial charge in [0.05, 0.1) is 26.2 Å². The number of carbonyl (C=O) groups excluding carboxylic acids is 2. The molecule has 0 aliphatic carbocycles. The summed E-state index contributed by atoms with van der Waals surface area (Å²) in [6.45, 7) is 0.206. The van der Waals surface area contributed by atoms with Crippen molar-refractivity contribution < 1.29 is 24.2 Å². The Morgan fingerprint density at radius 1 is 1.00 bits per heavy atom. The molecule has 7 nitrogen and oxygen atoms in total. The third kappa shape index (κ3) is 5.41. The second-order valence-electron chi connectivity index (χ2n) is 5.58. The van der Waals surface area contributed by atoms with Crippen LogP contribution < -0.4 is 25.2 Å². The zero-order valence-electron chi connectivity index (χ0n) is 14.7. The molecule has 1 atom stereocenters. The number of urea groups is 1. The van der Waals surface area contributed by atoms with Gasteiger partial charge in [0.25, 0.3) is 0 Å². The number of carboxylic acids is 1. The van der Waals surface area contributed by atoms with E-state index in [1.54, 1.807) is 42.5 Å². The van der Waals surface area contributed by atoms with Crippen molar-refractivity contribution in [1.29, 1.82) is 0 Å². The first-order valence-corrected chi connectivity index (χ1v) is 8.03. The van der Waals surface area contributed by atoms with Gasteiger partial charge in [-0.3, -0.25) is 0 Å². The molecule has 0 aliphatic rings. The van der Waals surface area contributed by atoms with E-state index in [2.05, 4.69) is 10.6 Å². The van der Waals surface area contributed by atoms with E-state index in [9.17, 15) is 14.7 Å². The van der Waals surface area contributed by atoms with Gasteiger partial charge >= 0.3 is 6.03 Å². The summed E-state index contributed by atoms with van der Waals surface area (Å²) in [4.78, 5) is 23.3. The fourth-order valence-corrected chi connectivity index (χ4v) is 2.43. The summed E-state index contributed by atoms with van der Waals surface area (Å²) in [7, 11) is 3.06. The lowest BCUT2D eigenvalue weighted by molar-refractivity contribution is -0.308. The number of ether oxygens (including phenoxy) is 2. The highest BCUT2D eigenvalue weighted by molar-refractivity contribution is 5.81. The predicted octanol–water partition coefficient (Wildman–Crippen LogP) is 0.864. The summed E-state index contributed by atoms with van der Waals surface area (Å²) in [5.41, 5.74) is 1.58.